The molecule has 2 unspecified atom stereocenters. The predicted molar refractivity (Wildman–Crippen MR) is 61.9 cm³/mol. The topological polar surface area (TPSA) is 53.2 Å². The third-order valence-corrected chi connectivity index (χ3v) is 3.77. The van der Waals surface area contributed by atoms with Gasteiger partial charge in [-0.3, -0.25) is 13.9 Å². The quantitative estimate of drug-likeness (QED) is 0.599. The maximum Gasteiger partial charge on any atom is 0.330 e. The van der Waals surface area contributed by atoms with Crippen LogP contribution in [0.1, 0.15) is 25.1 Å². The lowest BCUT2D eigenvalue weighted by atomic mass is 9.87. The van der Waals surface area contributed by atoms with Crippen LogP contribution >= 0.6 is 0 Å². The average molecular weight is 234 g/mol. The monoisotopic (exact) mass is 234 g/mol. The lowest BCUT2D eigenvalue weighted by molar-refractivity contribution is -0.0519. The number of hydrogen-bond donors (Lipinski definition) is 0. The fourth-order valence-electron chi connectivity index (χ4n) is 2.96. The highest BCUT2D eigenvalue weighted by Crippen LogP contribution is 2.51. The van der Waals surface area contributed by atoms with Crippen molar-refractivity contribution in [1.82, 2.24) is 9.13 Å². The van der Waals surface area contributed by atoms with E-state index in [1.165, 1.54) is 11.6 Å². The summed E-state index contributed by atoms with van der Waals surface area (Å²) in [5, 5.41) is 0. The molecule has 0 saturated carbocycles. The van der Waals surface area contributed by atoms with Crippen molar-refractivity contribution in [2.24, 2.45) is 14.1 Å². The lowest BCUT2D eigenvalue weighted by Crippen LogP contribution is -2.44. The molecule has 0 fully saturated rings. The summed E-state index contributed by atoms with van der Waals surface area (Å²) < 4.78 is 8.54. The summed E-state index contributed by atoms with van der Waals surface area (Å²) in [6.45, 7) is 3.73. The first-order valence-corrected chi connectivity index (χ1v) is 5.52. The Morgan fingerprint density at radius 2 is 1.65 bits per heavy atom. The minimum atomic E-state index is -0.704. The Morgan fingerprint density at radius 3 is 2.29 bits per heavy atom. The number of fused-ring (bicyclic) bond motifs is 5. The van der Waals surface area contributed by atoms with Crippen LogP contribution in [0.5, 0.6) is 0 Å². The Morgan fingerprint density at radius 1 is 1.06 bits per heavy atom. The number of nitrogens with zero attached hydrogens (tertiary/aromatic N) is 2. The van der Waals surface area contributed by atoms with Crippen molar-refractivity contribution in [2.75, 3.05) is 0 Å². The summed E-state index contributed by atoms with van der Waals surface area (Å²) in [4.78, 5) is 24.1. The van der Waals surface area contributed by atoms with Crippen LogP contribution in [0, 0.1) is 0 Å². The van der Waals surface area contributed by atoms with Gasteiger partial charge in [-0.1, -0.05) is 0 Å². The van der Waals surface area contributed by atoms with Crippen molar-refractivity contribution in [3.63, 3.8) is 0 Å². The van der Waals surface area contributed by atoms with Crippen LogP contribution in [-0.4, -0.2) is 9.13 Å². The molecule has 5 nitrogen and oxygen atoms in total. The van der Waals surface area contributed by atoms with Gasteiger partial charge in [0.05, 0.1) is 11.3 Å². The highest BCUT2D eigenvalue weighted by molar-refractivity contribution is 5.46. The zero-order valence-electron chi connectivity index (χ0n) is 10.3. The van der Waals surface area contributed by atoms with E-state index in [4.69, 9.17) is 4.74 Å². The van der Waals surface area contributed by atoms with E-state index in [1.807, 2.05) is 26.0 Å². The number of rotatable bonds is 0. The SMILES string of the molecule is Cn1c2c(c(=O)n(C)c1=O)C1(C)C=CC2(C)O1. The molecule has 2 aliphatic heterocycles. The van der Waals surface area contributed by atoms with Gasteiger partial charge < -0.3 is 4.74 Å². The Balaban J connectivity index is 2.56. The zero-order valence-corrected chi connectivity index (χ0v) is 10.3. The molecule has 1 aromatic rings. The third-order valence-electron chi connectivity index (χ3n) is 3.77. The Hall–Kier alpha value is -1.62. The Bertz CT molecular complexity index is 682. The normalized spacial score (nSPS) is 33.2. The molecule has 0 radical (unpaired) electrons. The number of hydrogen-bond acceptors (Lipinski definition) is 3. The van der Waals surface area contributed by atoms with Crippen molar-refractivity contribution in [3.05, 3.63) is 44.2 Å². The molecule has 0 spiro atoms. The van der Waals surface area contributed by atoms with E-state index in [0.29, 0.717) is 11.3 Å². The first kappa shape index (κ1) is 10.5. The van der Waals surface area contributed by atoms with E-state index in [2.05, 4.69) is 0 Å². The van der Waals surface area contributed by atoms with Crippen LogP contribution in [0.15, 0.2) is 21.7 Å². The van der Waals surface area contributed by atoms with Gasteiger partial charge in [-0.05, 0) is 26.0 Å². The van der Waals surface area contributed by atoms with Crippen LogP contribution < -0.4 is 11.2 Å². The predicted octanol–water partition coefficient (Wildman–Crippen LogP) is 0.114. The molecule has 0 amide bonds. The van der Waals surface area contributed by atoms with E-state index in [-0.39, 0.29) is 11.2 Å². The highest BCUT2D eigenvalue weighted by atomic mass is 16.5. The van der Waals surface area contributed by atoms with Crippen LogP contribution in [-0.2, 0) is 30.0 Å². The summed E-state index contributed by atoms with van der Waals surface area (Å²) in [6.07, 6.45) is 3.80. The summed E-state index contributed by atoms with van der Waals surface area (Å²) in [5.74, 6) is 0. The van der Waals surface area contributed by atoms with Crippen molar-refractivity contribution >= 4 is 0 Å². The molecule has 0 N–H and O–H groups in total. The van der Waals surface area contributed by atoms with Gasteiger partial charge >= 0.3 is 5.69 Å². The molecule has 17 heavy (non-hydrogen) atoms. The third kappa shape index (κ3) is 0.982. The van der Waals surface area contributed by atoms with Crippen molar-refractivity contribution < 1.29 is 4.74 Å². The molecule has 2 aliphatic rings. The fraction of sp³-hybridized carbons (Fsp3) is 0.500. The second-order valence-electron chi connectivity index (χ2n) is 5.08. The van der Waals surface area contributed by atoms with Crippen molar-refractivity contribution in [1.29, 1.82) is 0 Å². The number of aromatic nitrogens is 2. The lowest BCUT2D eigenvalue weighted by Gasteiger charge is -2.21. The maximum atomic E-state index is 12.2. The smallest absolute Gasteiger partial charge is 0.330 e. The second-order valence-corrected chi connectivity index (χ2v) is 5.08. The molecule has 2 atom stereocenters. The van der Waals surface area contributed by atoms with E-state index < -0.39 is 11.2 Å². The zero-order chi connectivity index (χ0) is 12.6. The molecule has 5 heteroatoms. The summed E-state index contributed by atoms with van der Waals surface area (Å²) >= 11 is 0. The van der Waals surface area contributed by atoms with Gasteiger partial charge in [0.2, 0.25) is 0 Å². The first-order valence-electron chi connectivity index (χ1n) is 5.52. The molecule has 0 aromatic carbocycles. The Labute approximate surface area is 97.9 Å². The standard InChI is InChI=1S/C12H14N2O3/c1-11-5-6-12(2,17-11)8-7(11)9(15)14(4)10(16)13(8)3/h5-6H,1-4H3. The molecule has 0 aliphatic carbocycles. The van der Waals surface area contributed by atoms with Crippen LogP contribution in [0.2, 0.25) is 0 Å². The van der Waals surface area contributed by atoms with Gasteiger partial charge in [-0.25, -0.2) is 4.79 Å². The van der Waals surface area contributed by atoms with Gasteiger partial charge in [0, 0.05) is 14.1 Å². The fourth-order valence-corrected chi connectivity index (χ4v) is 2.96. The molecular formula is C12H14N2O3. The summed E-state index contributed by atoms with van der Waals surface area (Å²) in [5.41, 5.74) is -0.694. The van der Waals surface area contributed by atoms with E-state index >= 15 is 0 Å². The van der Waals surface area contributed by atoms with E-state index in [1.54, 1.807) is 7.05 Å². The minimum absolute atomic E-state index is 0.265. The maximum absolute atomic E-state index is 12.2. The van der Waals surface area contributed by atoms with Gasteiger partial charge in [-0.15, -0.1) is 0 Å². The highest BCUT2D eigenvalue weighted by Gasteiger charge is 2.54. The Kier molecular flexibility index (Phi) is 1.62. The minimum Gasteiger partial charge on any atom is -0.350 e. The molecule has 1 aromatic heterocycles. The van der Waals surface area contributed by atoms with E-state index in [9.17, 15) is 9.59 Å². The van der Waals surface area contributed by atoms with Gasteiger partial charge in [0.1, 0.15) is 11.2 Å². The van der Waals surface area contributed by atoms with Crippen LogP contribution in [0.3, 0.4) is 0 Å². The molecule has 3 heterocycles. The average Bonchev–Trinajstić information content (AvgIpc) is 2.69. The van der Waals surface area contributed by atoms with E-state index in [0.717, 1.165) is 4.57 Å². The molecule has 2 bridgehead atoms. The van der Waals surface area contributed by atoms with Crippen LogP contribution in [0.25, 0.3) is 0 Å². The first-order chi connectivity index (χ1) is 7.80. The molecule has 0 saturated heterocycles. The summed E-state index contributed by atoms with van der Waals surface area (Å²) in [6, 6.07) is 0. The largest absolute Gasteiger partial charge is 0.350 e. The van der Waals surface area contributed by atoms with Gasteiger partial charge in [0.15, 0.2) is 0 Å². The second kappa shape index (κ2) is 2.61. The van der Waals surface area contributed by atoms with Gasteiger partial charge in [0.25, 0.3) is 5.56 Å². The number of ether oxygens (including phenoxy) is 1. The van der Waals surface area contributed by atoms with Crippen molar-refractivity contribution in [2.45, 2.75) is 25.0 Å². The molecule has 90 valence electrons. The van der Waals surface area contributed by atoms with Crippen molar-refractivity contribution in [3.8, 4) is 0 Å². The molecular weight excluding hydrogens is 220 g/mol. The van der Waals surface area contributed by atoms with Gasteiger partial charge in [-0.2, -0.15) is 0 Å². The summed E-state index contributed by atoms with van der Waals surface area (Å²) in [7, 11) is 3.17. The van der Waals surface area contributed by atoms with Crippen LogP contribution in [0.4, 0.5) is 0 Å². The molecule has 3 rings (SSSR count).